The predicted molar refractivity (Wildman–Crippen MR) is 143 cm³/mol. The number of hydrogen-bond acceptors (Lipinski definition) is 2. The van der Waals surface area contributed by atoms with Crippen molar-refractivity contribution < 1.29 is 14.0 Å². The zero-order chi connectivity index (χ0) is 25.8. The molecule has 4 nitrogen and oxygen atoms in total. The minimum Gasteiger partial charge on any atom is -0.354 e. The summed E-state index contributed by atoms with van der Waals surface area (Å²) in [5.74, 6) is -0.578. The van der Waals surface area contributed by atoms with Gasteiger partial charge in [0.15, 0.2) is 0 Å². The second-order valence-electron chi connectivity index (χ2n) is 9.17. The predicted octanol–water partition coefficient (Wildman–Crippen LogP) is 5.88. The van der Waals surface area contributed by atoms with Crippen LogP contribution in [0.3, 0.4) is 0 Å². The number of carbonyl (C=O) groups excluding carboxylic acids is 2. The summed E-state index contributed by atoms with van der Waals surface area (Å²) < 4.78 is 13.5. The van der Waals surface area contributed by atoms with E-state index in [1.54, 1.807) is 17.0 Å². The Morgan fingerprint density at radius 1 is 0.833 bits per heavy atom. The second kappa shape index (κ2) is 14.2. The van der Waals surface area contributed by atoms with Crippen LogP contribution in [0.2, 0.25) is 0 Å². The van der Waals surface area contributed by atoms with Crippen LogP contribution in [-0.2, 0) is 35.4 Å². The number of aryl methyl sites for hydroxylation is 2. The SMILES string of the molecule is CCCCNC(=O)[C@@H](Cc1ccccc1)N(Cc1ccc(F)cc1)C(=O)CCc1ccc(CC)cc1. The molecule has 0 heterocycles. The van der Waals surface area contributed by atoms with E-state index in [0.717, 1.165) is 36.0 Å². The van der Waals surface area contributed by atoms with Crippen molar-refractivity contribution >= 4 is 11.8 Å². The Hall–Kier alpha value is -3.47. The fourth-order valence-corrected chi connectivity index (χ4v) is 4.18. The van der Waals surface area contributed by atoms with Crippen LogP contribution in [0.15, 0.2) is 78.9 Å². The maximum atomic E-state index is 13.6. The van der Waals surface area contributed by atoms with Crippen molar-refractivity contribution in [3.63, 3.8) is 0 Å². The Morgan fingerprint density at radius 3 is 2.11 bits per heavy atom. The summed E-state index contributed by atoms with van der Waals surface area (Å²) in [5, 5.41) is 3.03. The van der Waals surface area contributed by atoms with Gasteiger partial charge in [0.05, 0.1) is 0 Å². The van der Waals surface area contributed by atoms with Gasteiger partial charge in [-0.05, 0) is 53.6 Å². The van der Waals surface area contributed by atoms with E-state index in [2.05, 4.69) is 43.4 Å². The molecule has 0 saturated heterocycles. The lowest BCUT2D eigenvalue weighted by atomic mass is 10.0. The maximum absolute atomic E-state index is 13.6. The van der Waals surface area contributed by atoms with E-state index in [1.807, 2.05) is 30.3 Å². The first-order valence-electron chi connectivity index (χ1n) is 12.9. The fraction of sp³-hybridized carbons (Fsp3) is 0.355. The molecule has 5 heteroatoms. The van der Waals surface area contributed by atoms with Gasteiger partial charge in [0.1, 0.15) is 11.9 Å². The van der Waals surface area contributed by atoms with E-state index in [9.17, 15) is 14.0 Å². The molecule has 0 radical (unpaired) electrons. The third-order valence-electron chi connectivity index (χ3n) is 6.43. The van der Waals surface area contributed by atoms with Gasteiger partial charge in [-0.1, -0.05) is 87.0 Å². The molecular formula is C31H37FN2O2. The highest BCUT2D eigenvalue weighted by molar-refractivity contribution is 5.88. The van der Waals surface area contributed by atoms with Crippen LogP contribution in [0.5, 0.6) is 0 Å². The van der Waals surface area contributed by atoms with Crippen molar-refractivity contribution in [3.8, 4) is 0 Å². The summed E-state index contributed by atoms with van der Waals surface area (Å²) in [7, 11) is 0. The molecule has 1 N–H and O–H groups in total. The highest BCUT2D eigenvalue weighted by Crippen LogP contribution is 2.18. The summed E-state index contributed by atoms with van der Waals surface area (Å²) in [4.78, 5) is 28.7. The Labute approximate surface area is 214 Å². The number of rotatable bonds is 13. The van der Waals surface area contributed by atoms with Gasteiger partial charge >= 0.3 is 0 Å². The first kappa shape index (κ1) is 27.1. The van der Waals surface area contributed by atoms with Crippen LogP contribution in [0.25, 0.3) is 0 Å². The lowest BCUT2D eigenvalue weighted by molar-refractivity contribution is -0.141. The zero-order valence-electron chi connectivity index (χ0n) is 21.4. The number of amides is 2. The smallest absolute Gasteiger partial charge is 0.243 e. The molecular weight excluding hydrogens is 451 g/mol. The standard InChI is InChI=1S/C31H37FN2O2/c1-3-5-21-33-31(36)29(22-26-9-7-6-8-10-26)34(23-27-15-18-28(32)19-16-27)30(35)20-17-25-13-11-24(4-2)12-14-25/h6-16,18-19,29H,3-5,17,20-23H2,1-2H3,(H,33,36)/t29-/m1/s1. The summed E-state index contributed by atoms with van der Waals surface area (Å²) in [6.45, 7) is 5.00. The number of halogens is 1. The lowest BCUT2D eigenvalue weighted by Gasteiger charge is -2.31. The van der Waals surface area contributed by atoms with Crippen LogP contribution in [-0.4, -0.2) is 29.3 Å². The first-order valence-corrected chi connectivity index (χ1v) is 12.9. The normalized spacial score (nSPS) is 11.6. The van der Waals surface area contributed by atoms with Crippen LogP contribution in [0.1, 0.15) is 55.4 Å². The highest BCUT2D eigenvalue weighted by atomic mass is 19.1. The minimum atomic E-state index is -0.663. The van der Waals surface area contributed by atoms with E-state index >= 15 is 0 Å². The van der Waals surface area contributed by atoms with Crippen LogP contribution < -0.4 is 5.32 Å². The van der Waals surface area contributed by atoms with Crippen molar-refractivity contribution in [3.05, 3.63) is 107 Å². The molecule has 36 heavy (non-hydrogen) atoms. The molecule has 3 rings (SSSR count). The molecule has 0 aromatic heterocycles. The molecule has 0 aliphatic heterocycles. The Bertz CT molecular complexity index is 1080. The summed E-state index contributed by atoms with van der Waals surface area (Å²) in [6.07, 6.45) is 4.12. The van der Waals surface area contributed by atoms with Gasteiger partial charge in [0.25, 0.3) is 0 Å². The Kier molecular flexibility index (Phi) is 10.7. The highest BCUT2D eigenvalue weighted by Gasteiger charge is 2.30. The maximum Gasteiger partial charge on any atom is 0.243 e. The third-order valence-corrected chi connectivity index (χ3v) is 6.43. The number of carbonyl (C=O) groups is 2. The van der Waals surface area contributed by atoms with E-state index < -0.39 is 6.04 Å². The Balaban J connectivity index is 1.85. The Morgan fingerprint density at radius 2 is 1.47 bits per heavy atom. The molecule has 1 atom stereocenters. The van der Waals surface area contributed by atoms with Crippen molar-refractivity contribution in [1.29, 1.82) is 0 Å². The molecule has 0 aliphatic carbocycles. The second-order valence-corrected chi connectivity index (χ2v) is 9.17. The van der Waals surface area contributed by atoms with Gasteiger partial charge in [-0.3, -0.25) is 9.59 Å². The van der Waals surface area contributed by atoms with Crippen molar-refractivity contribution in [2.75, 3.05) is 6.54 Å². The average molecular weight is 489 g/mol. The quantitative estimate of drug-likeness (QED) is 0.306. The van der Waals surface area contributed by atoms with Crippen LogP contribution in [0.4, 0.5) is 4.39 Å². The molecule has 0 unspecified atom stereocenters. The number of benzene rings is 3. The van der Waals surface area contributed by atoms with Gasteiger partial charge < -0.3 is 10.2 Å². The minimum absolute atomic E-state index is 0.0922. The van der Waals surface area contributed by atoms with E-state index in [-0.39, 0.29) is 24.2 Å². The van der Waals surface area contributed by atoms with E-state index in [0.29, 0.717) is 25.8 Å². The van der Waals surface area contributed by atoms with Gasteiger partial charge in [0, 0.05) is 25.9 Å². The van der Waals surface area contributed by atoms with E-state index in [4.69, 9.17) is 0 Å². The largest absolute Gasteiger partial charge is 0.354 e. The third kappa shape index (κ3) is 8.33. The van der Waals surface area contributed by atoms with Gasteiger partial charge in [0.2, 0.25) is 11.8 Å². The molecule has 3 aromatic rings. The average Bonchev–Trinajstić information content (AvgIpc) is 2.91. The number of nitrogens with one attached hydrogen (secondary N) is 1. The summed E-state index contributed by atoms with van der Waals surface area (Å²) in [6, 6.07) is 23.5. The lowest BCUT2D eigenvalue weighted by Crippen LogP contribution is -2.50. The molecule has 0 fully saturated rings. The molecule has 0 aliphatic rings. The topological polar surface area (TPSA) is 49.4 Å². The number of nitrogens with zero attached hydrogens (tertiary/aromatic N) is 1. The van der Waals surface area contributed by atoms with Crippen LogP contribution in [0, 0.1) is 5.82 Å². The van der Waals surface area contributed by atoms with Gasteiger partial charge in [-0.2, -0.15) is 0 Å². The number of hydrogen-bond donors (Lipinski definition) is 1. The van der Waals surface area contributed by atoms with Crippen LogP contribution >= 0.6 is 0 Å². The first-order chi connectivity index (χ1) is 17.5. The molecule has 3 aromatic carbocycles. The molecule has 0 bridgehead atoms. The molecule has 190 valence electrons. The number of unbranched alkanes of at least 4 members (excludes halogenated alkanes) is 1. The summed E-state index contributed by atoms with van der Waals surface area (Å²) in [5.41, 5.74) is 4.13. The van der Waals surface area contributed by atoms with Gasteiger partial charge in [-0.25, -0.2) is 4.39 Å². The van der Waals surface area contributed by atoms with Crippen molar-refractivity contribution in [2.45, 2.75) is 65.0 Å². The van der Waals surface area contributed by atoms with E-state index in [1.165, 1.54) is 17.7 Å². The monoisotopic (exact) mass is 488 g/mol. The fourth-order valence-electron chi connectivity index (χ4n) is 4.18. The van der Waals surface area contributed by atoms with Crippen molar-refractivity contribution in [1.82, 2.24) is 10.2 Å². The molecule has 0 spiro atoms. The summed E-state index contributed by atoms with van der Waals surface area (Å²) >= 11 is 0. The zero-order valence-corrected chi connectivity index (χ0v) is 21.4. The van der Waals surface area contributed by atoms with Gasteiger partial charge in [-0.15, -0.1) is 0 Å². The van der Waals surface area contributed by atoms with Crippen molar-refractivity contribution in [2.24, 2.45) is 0 Å². The molecule has 2 amide bonds. The molecule has 0 saturated carbocycles.